The molecule has 4 nitrogen and oxygen atoms in total. The second-order valence-corrected chi connectivity index (χ2v) is 5.96. The Morgan fingerprint density at radius 2 is 2.30 bits per heavy atom. The van der Waals surface area contributed by atoms with E-state index < -0.39 is 0 Å². The number of nitrogens with zero attached hydrogens (tertiary/aromatic N) is 1. The third-order valence-corrected chi connectivity index (χ3v) is 4.17. The van der Waals surface area contributed by atoms with Crippen LogP contribution < -0.4 is 5.32 Å². The first-order chi connectivity index (χ1) is 9.47. The summed E-state index contributed by atoms with van der Waals surface area (Å²) >= 11 is 6.09. The van der Waals surface area contributed by atoms with Crippen molar-refractivity contribution < 1.29 is 9.90 Å². The van der Waals surface area contributed by atoms with Crippen molar-refractivity contribution in [3.8, 4) is 0 Å². The number of aliphatic hydroxyl groups is 1. The minimum atomic E-state index is -0.349. The molecule has 1 saturated heterocycles. The van der Waals surface area contributed by atoms with Gasteiger partial charge in [0.2, 0.25) is 5.91 Å². The van der Waals surface area contributed by atoms with Gasteiger partial charge < -0.3 is 10.4 Å². The first-order valence-electron chi connectivity index (χ1n) is 6.92. The average Bonchev–Trinajstić information content (AvgIpc) is 2.38. The highest BCUT2D eigenvalue weighted by Crippen LogP contribution is 2.25. The standard InChI is InChI=1S/C15H21ClN2O2/c1-10-6-7-18(8-13(10)19)9-14(20)17-15-11(2)4-3-5-12(15)16/h3-5,10,13,19H,6-9H2,1-2H3,(H,17,20). The van der Waals surface area contributed by atoms with Gasteiger partial charge in [-0.3, -0.25) is 9.69 Å². The number of amides is 1. The second kappa shape index (κ2) is 6.57. The third-order valence-electron chi connectivity index (χ3n) is 3.86. The molecule has 1 aliphatic rings. The predicted molar refractivity (Wildman–Crippen MR) is 81.0 cm³/mol. The number of carbonyl (C=O) groups excluding carboxylic acids is 1. The van der Waals surface area contributed by atoms with E-state index in [1.165, 1.54) is 0 Å². The Hall–Kier alpha value is -1.10. The molecule has 5 heteroatoms. The number of carbonyl (C=O) groups is 1. The summed E-state index contributed by atoms with van der Waals surface area (Å²) in [4.78, 5) is 14.1. The molecule has 0 radical (unpaired) electrons. The van der Waals surface area contributed by atoms with Crippen LogP contribution in [-0.2, 0) is 4.79 Å². The topological polar surface area (TPSA) is 52.6 Å². The van der Waals surface area contributed by atoms with Crippen LogP contribution in [0.1, 0.15) is 18.9 Å². The molecule has 2 rings (SSSR count). The molecule has 110 valence electrons. The van der Waals surface area contributed by atoms with E-state index in [-0.39, 0.29) is 18.6 Å². The quantitative estimate of drug-likeness (QED) is 0.900. The van der Waals surface area contributed by atoms with Gasteiger partial charge in [-0.25, -0.2) is 0 Å². The lowest BCUT2D eigenvalue weighted by Crippen LogP contribution is -2.45. The molecule has 1 fully saturated rings. The zero-order valence-electron chi connectivity index (χ0n) is 11.9. The number of aryl methyl sites for hydroxylation is 1. The summed E-state index contributed by atoms with van der Waals surface area (Å²) in [7, 11) is 0. The number of anilines is 1. The van der Waals surface area contributed by atoms with E-state index in [9.17, 15) is 9.90 Å². The van der Waals surface area contributed by atoms with Crippen molar-refractivity contribution in [2.75, 3.05) is 25.0 Å². The predicted octanol–water partition coefficient (Wildman–Crippen LogP) is 2.29. The normalized spacial score (nSPS) is 23.6. The summed E-state index contributed by atoms with van der Waals surface area (Å²) in [5, 5.41) is 13.2. The molecule has 1 aliphatic heterocycles. The number of benzene rings is 1. The number of hydrogen-bond acceptors (Lipinski definition) is 3. The number of β-amino-alcohol motifs (C(OH)–C–C–N with tert-alkyl or cyclic N) is 1. The van der Waals surface area contributed by atoms with Crippen LogP contribution in [0.4, 0.5) is 5.69 Å². The Balaban J connectivity index is 1.93. The smallest absolute Gasteiger partial charge is 0.238 e. The molecule has 0 bridgehead atoms. The Bertz CT molecular complexity index is 473. The van der Waals surface area contributed by atoms with Crippen molar-refractivity contribution >= 4 is 23.2 Å². The van der Waals surface area contributed by atoms with Gasteiger partial charge in [0.05, 0.1) is 23.4 Å². The van der Waals surface area contributed by atoms with Crippen molar-refractivity contribution in [2.45, 2.75) is 26.4 Å². The van der Waals surface area contributed by atoms with Crippen molar-refractivity contribution in [3.05, 3.63) is 28.8 Å². The lowest BCUT2D eigenvalue weighted by Gasteiger charge is -2.33. The van der Waals surface area contributed by atoms with Crippen LogP contribution in [0.3, 0.4) is 0 Å². The highest BCUT2D eigenvalue weighted by Gasteiger charge is 2.25. The number of nitrogens with one attached hydrogen (secondary N) is 1. The Labute approximate surface area is 124 Å². The fourth-order valence-corrected chi connectivity index (χ4v) is 2.70. The van der Waals surface area contributed by atoms with Gasteiger partial charge in [-0.2, -0.15) is 0 Å². The van der Waals surface area contributed by atoms with Gasteiger partial charge in [0, 0.05) is 6.54 Å². The first-order valence-corrected chi connectivity index (χ1v) is 7.30. The van der Waals surface area contributed by atoms with Crippen LogP contribution in [0, 0.1) is 12.8 Å². The maximum Gasteiger partial charge on any atom is 0.238 e. The summed E-state index contributed by atoms with van der Waals surface area (Å²) in [5.74, 6) is 0.211. The second-order valence-electron chi connectivity index (χ2n) is 5.55. The molecule has 2 atom stereocenters. The fourth-order valence-electron chi connectivity index (χ4n) is 2.43. The van der Waals surface area contributed by atoms with Gasteiger partial charge in [0.15, 0.2) is 0 Å². The Morgan fingerprint density at radius 3 is 2.95 bits per heavy atom. The summed E-state index contributed by atoms with van der Waals surface area (Å²) in [6.45, 7) is 5.63. The van der Waals surface area contributed by atoms with E-state index in [0.717, 1.165) is 18.5 Å². The molecule has 20 heavy (non-hydrogen) atoms. The van der Waals surface area contributed by atoms with Crippen molar-refractivity contribution in [3.63, 3.8) is 0 Å². The van der Waals surface area contributed by atoms with Gasteiger partial charge in [0.1, 0.15) is 0 Å². The number of rotatable bonds is 3. The van der Waals surface area contributed by atoms with Gasteiger partial charge in [-0.15, -0.1) is 0 Å². The molecule has 0 spiro atoms. The molecule has 2 unspecified atom stereocenters. The summed E-state index contributed by atoms with van der Waals surface area (Å²) < 4.78 is 0. The van der Waals surface area contributed by atoms with Gasteiger partial charge in [-0.1, -0.05) is 30.7 Å². The van der Waals surface area contributed by atoms with E-state index in [0.29, 0.717) is 23.2 Å². The van der Waals surface area contributed by atoms with Crippen LogP contribution >= 0.6 is 11.6 Å². The van der Waals surface area contributed by atoms with Crippen molar-refractivity contribution in [1.29, 1.82) is 0 Å². The average molecular weight is 297 g/mol. The SMILES string of the molecule is Cc1cccc(Cl)c1NC(=O)CN1CCC(C)C(O)C1. The molecule has 0 saturated carbocycles. The zero-order valence-corrected chi connectivity index (χ0v) is 12.7. The molecule has 1 aromatic rings. The minimum Gasteiger partial charge on any atom is -0.392 e. The van der Waals surface area contributed by atoms with Gasteiger partial charge in [-0.05, 0) is 37.4 Å². The van der Waals surface area contributed by atoms with Gasteiger partial charge >= 0.3 is 0 Å². The Kier molecular flexibility index (Phi) is 5.02. The summed E-state index contributed by atoms with van der Waals surface area (Å²) in [5.41, 5.74) is 1.61. The van der Waals surface area contributed by atoms with Crippen LogP contribution in [0.15, 0.2) is 18.2 Å². The molecule has 1 amide bonds. The number of hydrogen-bond donors (Lipinski definition) is 2. The monoisotopic (exact) mass is 296 g/mol. The lowest BCUT2D eigenvalue weighted by molar-refractivity contribution is -0.118. The van der Waals surface area contributed by atoms with Crippen LogP contribution in [0.2, 0.25) is 5.02 Å². The number of aliphatic hydroxyl groups excluding tert-OH is 1. The number of piperidine rings is 1. The zero-order chi connectivity index (χ0) is 14.7. The summed E-state index contributed by atoms with van der Waals surface area (Å²) in [6.07, 6.45) is 0.568. The Morgan fingerprint density at radius 1 is 1.55 bits per heavy atom. The van der Waals surface area contributed by atoms with Crippen LogP contribution in [0.5, 0.6) is 0 Å². The number of para-hydroxylation sites is 1. The molecule has 0 aromatic heterocycles. The number of halogens is 1. The van der Waals surface area contributed by atoms with Crippen molar-refractivity contribution in [1.82, 2.24) is 4.90 Å². The van der Waals surface area contributed by atoms with Crippen LogP contribution in [-0.4, -0.2) is 41.7 Å². The van der Waals surface area contributed by atoms with E-state index in [1.54, 1.807) is 6.07 Å². The highest BCUT2D eigenvalue weighted by atomic mass is 35.5. The van der Waals surface area contributed by atoms with Crippen LogP contribution in [0.25, 0.3) is 0 Å². The number of likely N-dealkylation sites (tertiary alicyclic amines) is 1. The molecular formula is C15H21ClN2O2. The molecule has 2 N–H and O–H groups in total. The van der Waals surface area contributed by atoms with E-state index in [1.807, 2.05) is 30.9 Å². The highest BCUT2D eigenvalue weighted by molar-refractivity contribution is 6.33. The van der Waals surface area contributed by atoms with Crippen molar-refractivity contribution in [2.24, 2.45) is 5.92 Å². The maximum absolute atomic E-state index is 12.1. The van der Waals surface area contributed by atoms with Gasteiger partial charge in [0.25, 0.3) is 0 Å². The summed E-state index contributed by atoms with van der Waals surface area (Å²) in [6, 6.07) is 5.53. The maximum atomic E-state index is 12.1. The fraction of sp³-hybridized carbons (Fsp3) is 0.533. The largest absolute Gasteiger partial charge is 0.392 e. The molecule has 0 aliphatic carbocycles. The molecule has 1 aromatic carbocycles. The molecule has 1 heterocycles. The van der Waals surface area contributed by atoms with E-state index in [4.69, 9.17) is 11.6 Å². The lowest BCUT2D eigenvalue weighted by atomic mass is 9.96. The third kappa shape index (κ3) is 3.72. The van der Waals surface area contributed by atoms with E-state index in [2.05, 4.69) is 5.32 Å². The minimum absolute atomic E-state index is 0.0945. The first kappa shape index (κ1) is 15.3. The molecular weight excluding hydrogens is 276 g/mol. The van der Waals surface area contributed by atoms with E-state index >= 15 is 0 Å².